The molecule has 1 aliphatic heterocycles. The Labute approximate surface area is 119 Å². The molecule has 1 aromatic rings. The second-order valence-corrected chi connectivity index (χ2v) is 5.62. The number of aliphatic hydroxyl groups is 1. The highest BCUT2D eigenvalue weighted by molar-refractivity contribution is 6.31. The summed E-state index contributed by atoms with van der Waals surface area (Å²) >= 11 is 6.16. The Morgan fingerprint density at radius 1 is 1.53 bits per heavy atom. The molecule has 0 bridgehead atoms. The number of rotatable bonds is 4. The SMILES string of the molecule is CCC(C)(C(O)c1c(Cl)cnn1C)N1CCOCC1. The summed E-state index contributed by atoms with van der Waals surface area (Å²) in [5.41, 5.74) is 0.318. The van der Waals surface area contributed by atoms with Gasteiger partial charge in [0.2, 0.25) is 0 Å². The third-order valence-electron chi connectivity index (χ3n) is 4.23. The average molecular weight is 288 g/mol. The smallest absolute Gasteiger partial charge is 0.115 e. The van der Waals surface area contributed by atoms with E-state index in [1.807, 2.05) is 0 Å². The highest BCUT2D eigenvalue weighted by Gasteiger charge is 2.41. The first-order valence-electron chi connectivity index (χ1n) is 6.69. The fraction of sp³-hybridized carbons (Fsp3) is 0.769. The highest BCUT2D eigenvalue weighted by Crippen LogP contribution is 2.37. The minimum atomic E-state index is -0.671. The van der Waals surface area contributed by atoms with E-state index in [1.165, 1.54) is 0 Å². The van der Waals surface area contributed by atoms with Gasteiger partial charge in [-0.25, -0.2) is 0 Å². The molecule has 108 valence electrons. The second kappa shape index (κ2) is 5.79. The number of aliphatic hydroxyl groups excluding tert-OH is 1. The molecule has 0 spiro atoms. The zero-order valence-corrected chi connectivity index (χ0v) is 12.5. The van der Waals surface area contributed by atoms with Crippen LogP contribution in [-0.2, 0) is 11.8 Å². The molecule has 2 atom stereocenters. The molecular formula is C13H22ClN3O2. The maximum absolute atomic E-state index is 10.8. The van der Waals surface area contributed by atoms with Gasteiger partial charge < -0.3 is 9.84 Å². The molecule has 19 heavy (non-hydrogen) atoms. The van der Waals surface area contributed by atoms with Crippen LogP contribution in [0.4, 0.5) is 0 Å². The van der Waals surface area contributed by atoms with Crippen LogP contribution in [0, 0.1) is 0 Å². The van der Waals surface area contributed by atoms with Gasteiger partial charge in [-0.15, -0.1) is 0 Å². The minimum absolute atomic E-state index is 0.360. The van der Waals surface area contributed by atoms with Crippen LogP contribution in [-0.4, -0.2) is 51.6 Å². The first-order chi connectivity index (χ1) is 9.00. The molecule has 1 aromatic heterocycles. The van der Waals surface area contributed by atoms with Crippen molar-refractivity contribution < 1.29 is 9.84 Å². The van der Waals surface area contributed by atoms with Crippen molar-refractivity contribution in [2.24, 2.45) is 7.05 Å². The van der Waals surface area contributed by atoms with E-state index in [0.717, 1.165) is 19.5 Å². The van der Waals surface area contributed by atoms with Crippen molar-refractivity contribution in [2.75, 3.05) is 26.3 Å². The van der Waals surface area contributed by atoms with Gasteiger partial charge in [-0.1, -0.05) is 18.5 Å². The van der Waals surface area contributed by atoms with Crippen LogP contribution < -0.4 is 0 Å². The second-order valence-electron chi connectivity index (χ2n) is 5.21. The van der Waals surface area contributed by atoms with Crippen LogP contribution in [0.15, 0.2) is 6.20 Å². The minimum Gasteiger partial charge on any atom is -0.385 e. The number of nitrogens with zero attached hydrogens (tertiary/aromatic N) is 3. The van der Waals surface area contributed by atoms with Crippen molar-refractivity contribution in [1.29, 1.82) is 0 Å². The van der Waals surface area contributed by atoms with E-state index in [-0.39, 0.29) is 5.54 Å². The monoisotopic (exact) mass is 287 g/mol. The van der Waals surface area contributed by atoms with Crippen LogP contribution in [0.5, 0.6) is 0 Å². The molecule has 0 aliphatic carbocycles. The first-order valence-corrected chi connectivity index (χ1v) is 7.06. The Hall–Kier alpha value is -0.620. The van der Waals surface area contributed by atoms with E-state index in [2.05, 4.69) is 23.8 Å². The lowest BCUT2D eigenvalue weighted by Gasteiger charge is -2.45. The van der Waals surface area contributed by atoms with Gasteiger partial charge in [-0.05, 0) is 13.3 Å². The van der Waals surface area contributed by atoms with E-state index in [0.29, 0.717) is 23.9 Å². The zero-order chi connectivity index (χ0) is 14.0. The summed E-state index contributed by atoms with van der Waals surface area (Å²) in [7, 11) is 1.81. The lowest BCUT2D eigenvalue weighted by Crippen LogP contribution is -2.55. The van der Waals surface area contributed by atoms with E-state index < -0.39 is 6.10 Å². The fourth-order valence-corrected chi connectivity index (χ4v) is 2.96. The third-order valence-corrected chi connectivity index (χ3v) is 4.53. The maximum atomic E-state index is 10.8. The summed E-state index contributed by atoms with van der Waals surface area (Å²) in [6.45, 7) is 7.24. The first kappa shape index (κ1) is 14.8. The Kier molecular flexibility index (Phi) is 4.50. The van der Waals surface area contributed by atoms with Gasteiger partial charge in [0, 0.05) is 25.7 Å². The Bertz CT molecular complexity index is 412. The van der Waals surface area contributed by atoms with E-state index in [1.54, 1.807) is 17.9 Å². The molecule has 0 saturated carbocycles. The Morgan fingerprint density at radius 2 is 2.16 bits per heavy atom. The molecule has 1 N–H and O–H groups in total. The van der Waals surface area contributed by atoms with E-state index in [4.69, 9.17) is 16.3 Å². The summed E-state index contributed by atoms with van der Waals surface area (Å²) in [5.74, 6) is 0. The Balaban J connectivity index is 2.29. The summed E-state index contributed by atoms with van der Waals surface area (Å²) in [5, 5.41) is 15.4. The van der Waals surface area contributed by atoms with Crippen LogP contribution in [0.1, 0.15) is 32.1 Å². The summed E-state index contributed by atoms with van der Waals surface area (Å²) < 4.78 is 7.04. The highest BCUT2D eigenvalue weighted by atomic mass is 35.5. The lowest BCUT2D eigenvalue weighted by molar-refractivity contribution is -0.0756. The molecule has 0 aromatic carbocycles. The summed E-state index contributed by atoms with van der Waals surface area (Å²) in [6.07, 6.45) is 1.74. The molecule has 1 fully saturated rings. The molecule has 5 nitrogen and oxygen atoms in total. The predicted molar refractivity (Wildman–Crippen MR) is 74.3 cm³/mol. The van der Waals surface area contributed by atoms with Crippen LogP contribution in [0.2, 0.25) is 5.02 Å². The number of aryl methyl sites for hydroxylation is 1. The van der Waals surface area contributed by atoms with Gasteiger partial charge in [-0.3, -0.25) is 9.58 Å². The molecule has 1 saturated heterocycles. The van der Waals surface area contributed by atoms with Crippen molar-refractivity contribution in [3.63, 3.8) is 0 Å². The fourth-order valence-electron chi connectivity index (χ4n) is 2.69. The van der Waals surface area contributed by atoms with E-state index in [9.17, 15) is 5.11 Å². The molecule has 2 heterocycles. The van der Waals surface area contributed by atoms with Gasteiger partial charge >= 0.3 is 0 Å². The van der Waals surface area contributed by atoms with Gasteiger partial charge in [0.1, 0.15) is 6.10 Å². The third kappa shape index (κ3) is 2.65. The number of halogens is 1. The van der Waals surface area contributed by atoms with Crippen molar-refractivity contribution in [2.45, 2.75) is 31.9 Å². The van der Waals surface area contributed by atoms with Crippen molar-refractivity contribution >= 4 is 11.6 Å². The molecule has 0 amide bonds. The number of ether oxygens (including phenoxy) is 1. The standard InChI is InChI=1S/C13H22ClN3O2/c1-4-13(2,17-5-7-19-8-6-17)12(18)11-10(14)9-15-16(11)3/h9,12,18H,4-8H2,1-3H3. The summed E-state index contributed by atoms with van der Waals surface area (Å²) in [6, 6.07) is 0. The molecule has 2 unspecified atom stereocenters. The van der Waals surface area contributed by atoms with Crippen molar-refractivity contribution in [3.05, 3.63) is 16.9 Å². The maximum Gasteiger partial charge on any atom is 0.115 e. The van der Waals surface area contributed by atoms with Gasteiger partial charge in [0.05, 0.1) is 30.1 Å². The lowest BCUT2D eigenvalue weighted by atomic mass is 9.87. The number of hydrogen-bond acceptors (Lipinski definition) is 4. The molecule has 1 aliphatic rings. The summed E-state index contributed by atoms with van der Waals surface area (Å²) in [4.78, 5) is 2.28. The van der Waals surface area contributed by atoms with E-state index >= 15 is 0 Å². The largest absolute Gasteiger partial charge is 0.385 e. The number of morpholine rings is 1. The molecule has 6 heteroatoms. The number of aromatic nitrogens is 2. The van der Waals surface area contributed by atoms with Crippen LogP contribution in [0.25, 0.3) is 0 Å². The van der Waals surface area contributed by atoms with Crippen molar-refractivity contribution in [3.8, 4) is 0 Å². The number of hydrogen-bond donors (Lipinski definition) is 1. The van der Waals surface area contributed by atoms with Crippen LogP contribution in [0.3, 0.4) is 0 Å². The average Bonchev–Trinajstić information content (AvgIpc) is 2.77. The van der Waals surface area contributed by atoms with Gasteiger partial charge in [-0.2, -0.15) is 5.10 Å². The molecule has 2 rings (SSSR count). The molecule has 0 radical (unpaired) electrons. The molecular weight excluding hydrogens is 266 g/mol. The van der Waals surface area contributed by atoms with Gasteiger partial charge in [0.15, 0.2) is 0 Å². The normalized spacial score (nSPS) is 22.2. The van der Waals surface area contributed by atoms with Crippen molar-refractivity contribution in [1.82, 2.24) is 14.7 Å². The van der Waals surface area contributed by atoms with Gasteiger partial charge in [0.25, 0.3) is 0 Å². The quantitative estimate of drug-likeness (QED) is 0.914. The topological polar surface area (TPSA) is 50.5 Å². The zero-order valence-electron chi connectivity index (χ0n) is 11.8. The predicted octanol–water partition coefficient (Wildman–Crippen LogP) is 1.61. The van der Waals surface area contributed by atoms with Crippen LogP contribution >= 0.6 is 11.6 Å². The Morgan fingerprint density at radius 3 is 2.63 bits per heavy atom.